The molecule has 0 rings (SSSR count). The highest BCUT2D eigenvalue weighted by atomic mass is 16.4. The van der Waals surface area contributed by atoms with Crippen LogP contribution in [0.15, 0.2) is 12.2 Å². The number of rotatable bonds is 11. The molecule has 0 aromatic rings. The number of carboxylic acids is 1. The molecule has 98 valence electrons. The number of aliphatic carboxylic acids is 1. The summed E-state index contributed by atoms with van der Waals surface area (Å²) in [6.45, 7) is 4.36. The number of hydrogen-bond acceptors (Lipinski definition) is 1. The third kappa shape index (κ3) is 13.0. The lowest BCUT2D eigenvalue weighted by Crippen LogP contribution is -1.92. The van der Waals surface area contributed by atoms with Gasteiger partial charge in [-0.15, -0.1) is 0 Å². The fourth-order valence-electron chi connectivity index (χ4n) is 1.76. The van der Waals surface area contributed by atoms with Gasteiger partial charge in [-0.25, -0.2) is 0 Å². The van der Waals surface area contributed by atoms with E-state index in [0.717, 1.165) is 6.42 Å². The molecule has 17 heavy (non-hydrogen) atoms. The van der Waals surface area contributed by atoms with Crippen molar-refractivity contribution < 1.29 is 9.90 Å². The molecule has 0 saturated heterocycles. The first kappa shape index (κ1) is 16.1. The van der Waals surface area contributed by atoms with Crippen molar-refractivity contribution in [2.24, 2.45) is 0 Å². The first-order chi connectivity index (χ1) is 8.16. The molecule has 0 aliphatic heterocycles. The van der Waals surface area contributed by atoms with Crippen molar-refractivity contribution in [1.82, 2.24) is 0 Å². The van der Waals surface area contributed by atoms with E-state index in [0.29, 0.717) is 6.42 Å². The zero-order chi connectivity index (χ0) is 12.9. The van der Waals surface area contributed by atoms with Gasteiger partial charge >= 0.3 is 5.97 Å². The van der Waals surface area contributed by atoms with Crippen LogP contribution in [0.5, 0.6) is 0 Å². The molecule has 0 unspecified atom stereocenters. The van der Waals surface area contributed by atoms with Gasteiger partial charge in [0.25, 0.3) is 0 Å². The van der Waals surface area contributed by atoms with E-state index in [1.807, 2.05) is 6.08 Å². The number of carbonyl (C=O) groups is 1. The summed E-state index contributed by atoms with van der Waals surface area (Å²) in [5.41, 5.74) is 0. The van der Waals surface area contributed by atoms with E-state index in [1.165, 1.54) is 44.4 Å². The molecule has 0 fully saturated rings. The van der Waals surface area contributed by atoms with Gasteiger partial charge in [0.05, 0.1) is 18.4 Å². The zero-order valence-electron chi connectivity index (χ0n) is 11.4. The molecular formula is C15H27O2+. The Morgan fingerprint density at radius 2 is 1.82 bits per heavy atom. The van der Waals surface area contributed by atoms with Crippen LogP contribution in [-0.2, 0) is 4.79 Å². The van der Waals surface area contributed by atoms with E-state index >= 15 is 0 Å². The Hall–Kier alpha value is -0.920. The quantitative estimate of drug-likeness (QED) is 0.417. The summed E-state index contributed by atoms with van der Waals surface area (Å²) in [4.78, 5) is 10.3. The largest absolute Gasteiger partial charge is 0.481 e. The fourth-order valence-corrected chi connectivity index (χ4v) is 1.76. The second-order valence-electron chi connectivity index (χ2n) is 4.70. The Kier molecular flexibility index (Phi) is 10.9. The molecule has 2 nitrogen and oxygen atoms in total. The highest BCUT2D eigenvalue weighted by molar-refractivity contribution is 5.66. The summed E-state index contributed by atoms with van der Waals surface area (Å²) >= 11 is 0. The summed E-state index contributed by atoms with van der Waals surface area (Å²) in [5, 5.41) is 8.48. The predicted molar refractivity (Wildman–Crippen MR) is 72.9 cm³/mol. The second kappa shape index (κ2) is 11.6. The lowest BCUT2D eigenvalue weighted by atomic mass is 10.0. The van der Waals surface area contributed by atoms with Crippen molar-refractivity contribution in [1.29, 1.82) is 0 Å². The maximum atomic E-state index is 10.3. The molecule has 0 aliphatic carbocycles. The summed E-state index contributed by atoms with van der Waals surface area (Å²) < 4.78 is 0. The van der Waals surface area contributed by atoms with Crippen LogP contribution < -0.4 is 0 Å². The van der Waals surface area contributed by atoms with Crippen LogP contribution in [0.25, 0.3) is 0 Å². The van der Waals surface area contributed by atoms with Gasteiger partial charge in [0.2, 0.25) is 0 Å². The summed E-state index contributed by atoms with van der Waals surface area (Å²) in [5.74, 6) is 0.647. The van der Waals surface area contributed by atoms with Gasteiger partial charge in [0, 0.05) is 25.8 Å². The van der Waals surface area contributed by atoms with Crippen molar-refractivity contribution in [3.63, 3.8) is 0 Å². The second-order valence-corrected chi connectivity index (χ2v) is 4.70. The lowest BCUT2D eigenvalue weighted by molar-refractivity contribution is -0.136. The van der Waals surface area contributed by atoms with Crippen LogP contribution in [0.1, 0.15) is 71.6 Å². The Morgan fingerprint density at radius 1 is 1.18 bits per heavy atom. The molecule has 0 heterocycles. The smallest absolute Gasteiger partial charge is 0.305 e. The Bertz CT molecular complexity index is 209. The molecule has 2 heteroatoms. The van der Waals surface area contributed by atoms with Gasteiger partial charge in [-0.05, 0) is 6.42 Å². The van der Waals surface area contributed by atoms with Crippen LogP contribution in [0.3, 0.4) is 0 Å². The van der Waals surface area contributed by atoms with Crippen molar-refractivity contribution in [3.05, 3.63) is 18.1 Å². The maximum absolute atomic E-state index is 10.3. The SMILES string of the molecule is CCCCCCCC[C+](C)/C=C/CCC(=O)O. The Balaban J connectivity index is 3.33. The van der Waals surface area contributed by atoms with E-state index < -0.39 is 5.97 Å². The van der Waals surface area contributed by atoms with Crippen LogP contribution >= 0.6 is 0 Å². The lowest BCUT2D eigenvalue weighted by Gasteiger charge is -2.00. The van der Waals surface area contributed by atoms with Crippen LogP contribution in [-0.4, -0.2) is 11.1 Å². The minimum absolute atomic E-state index is 0.237. The molecule has 0 aromatic carbocycles. The number of allylic oxidation sites excluding steroid dienone is 2. The number of carboxylic acid groups (broad SMARTS) is 1. The average molecular weight is 239 g/mol. The highest BCUT2D eigenvalue weighted by Gasteiger charge is 2.04. The van der Waals surface area contributed by atoms with E-state index in [9.17, 15) is 4.79 Å². The highest BCUT2D eigenvalue weighted by Crippen LogP contribution is 2.14. The molecule has 0 radical (unpaired) electrons. The van der Waals surface area contributed by atoms with E-state index in [-0.39, 0.29) is 6.42 Å². The van der Waals surface area contributed by atoms with Crippen LogP contribution in [0, 0.1) is 5.92 Å². The van der Waals surface area contributed by atoms with Crippen molar-refractivity contribution >= 4 is 5.97 Å². The van der Waals surface area contributed by atoms with Crippen molar-refractivity contribution in [2.75, 3.05) is 0 Å². The third-order valence-corrected chi connectivity index (χ3v) is 2.85. The molecule has 0 amide bonds. The number of unbranched alkanes of at least 4 members (excludes halogenated alkanes) is 5. The minimum atomic E-state index is -0.719. The third-order valence-electron chi connectivity index (χ3n) is 2.85. The molecule has 1 N–H and O–H groups in total. The predicted octanol–water partition coefficient (Wildman–Crippen LogP) is 4.75. The monoisotopic (exact) mass is 239 g/mol. The van der Waals surface area contributed by atoms with Gasteiger partial charge in [0.1, 0.15) is 0 Å². The summed E-state index contributed by atoms with van der Waals surface area (Å²) in [6, 6.07) is 0. The molecule has 0 aliphatic rings. The molecule has 0 atom stereocenters. The van der Waals surface area contributed by atoms with Crippen molar-refractivity contribution in [3.8, 4) is 0 Å². The molecule has 0 saturated carbocycles. The first-order valence-corrected chi connectivity index (χ1v) is 6.87. The summed E-state index contributed by atoms with van der Waals surface area (Å²) in [6.07, 6.45) is 14.0. The summed E-state index contributed by atoms with van der Waals surface area (Å²) in [7, 11) is 0. The topological polar surface area (TPSA) is 37.3 Å². The zero-order valence-corrected chi connectivity index (χ0v) is 11.4. The maximum Gasteiger partial charge on any atom is 0.305 e. The fraction of sp³-hybridized carbons (Fsp3) is 0.733. The van der Waals surface area contributed by atoms with Gasteiger partial charge in [0.15, 0.2) is 0 Å². The van der Waals surface area contributed by atoms with Crippen LogP contribution in [0.4, 0.5) is 0 Å². The molecule has 0 spiro atoms. The van der Waals surface area contributed by atoms with Gasteiger partial charge in [-0.1, -0.05) is 39.0 Å². The van der Waals surface area contributed by atoms with Gasteiger partial charge in [-0.2, -0.15) is 0 Å². The van der Waals surface area contributed by atoms with Gasteiger partial charge in [-0.3, -0.25) is 4.79 Å². The van der Waals surface area contributed by atoms with E-state index in [4.69, 9.17) is 5.11 Å². The Morgan fingerprint density at radius 3 is 2.47 bits per heavy atom. The molecule has 0 aromatic heterocycles. The number of hydrogen-bond donors (Lipinski definition) is 1. The molecular weight excluding hydrogens is 212 g/mol. The normalized spacial score (nSPS) is 10.9. The molecule has 0 bridgehead atoms. The Labute approximate surface area is 106 Å². The van der Waals surface area contributed by atoms with E-state index in [2.05, 4.69) is 19.9 Å². The standard InChI is InChI=1S/C15H26O2/c1-3-4-5-6-7-8-11-14(2)12-9-10-13-15(16)17/h9,12H,3-8,10-11,13H2,1-2H3/p+1/b12-9+. The van der Waals surface area contributed by atoms with Gasteiger partial charge < -0.3 is 5.11 Å². The van der Waals surface area contributed by atoms with E-state index in [1.54, 1.807) is 0 Å². The van der Waals surface area contributed by atoms with Crippen molar-refractivity contribution in [2.45, 2.75) is 71.6 Å². The minimum Gasteiger partial charge on any atom is -0.481 e. The van der Waals surface area contributed by atoms with Crippen LogP contribution in [0.2, 0.25) is 0 Å². The average Bonchev–Trinajstić information content (AvgIpc) is 2.29. The first-order valence-electron chi connectivity index (χ1n) is 6.87.